The molecule has 1 atom stereocenters. The monoisotopic (exact) mass is 178 g/mol. The zero-order valence-corrected chi connectivity index (χ0v) is 6.94. The lowest BCUT2D eigenvalue weighted by molar-refractivity contribution is -0.121. The van der Waals surface area contributed by atoms with Gasteiger partial charge in [-0.2, -0.15) is 0 Å². The van der Waals surface area contributed by atoms with E-state index in [1.54, 1.807) is 7.05 Å². The fraction of sp³-hybridized carbons (Fsp3) is 0.600. The molecule has 1 aliphatic heterocycles. The van der Waals surface area contributed by atoms with Crippen molar-refractivity contribution in [2.45, 2.75) is 6.04 Å². The number of nitrogens with two attached hydrogens (primary N) is 1. The largest absolute Gasteiger partial charge is 0.370 e. The standard InChI is InChI=1S/C5H10N4O.ClH/c1-7-3-2-8-5(6)9-4(3)10;/h3,7H,2H2,1H3,(H3,6,8,9,10);1H. The maximum Gasteiger partial charge on any atom is 0.245 e. The van der Waals surface area contributed by atoms with E-state index in [4.69, 9.17) is 5.73 Å². The van der Waals surface area contributed by atoms with Crippen LogP contribution in [0.3, 0.4) is 0 Å². The number of likely N-dealkylation sites (N-methyl/N-ethyl adjacent to an activating group) is 1. The van der Waals surface area contributed by atoms with Crippen LogP contribution >= 0.6 is 12.4 Å². The molecule has 0 fully saturated rings. The highest BCUT2D eigenvalue weighted by Gasteiger charge is 2.20. The van der Waals surface area contributed by atoms with Crippen molar-refractivity contribution in [3.8, 4) is 0 Å². The summed E-state index contributed by atoms with van der Waals surface area (Å²) in [7, 11) is 1.71. The van der Waals surface area contributed by atoms with Gasteiger partial charge in [0, 0.05) is 0 Å². The minimum Gasteiger partial charge on any atom is -0.370 e. The number of carbonyl (C=O) groups is 1. The van der Waals surface area contributed by atoms with Crippen molar-refractivity contribution in [3.05, 3.63) is 0 Å². The van der Waals surface area contributed by atoms with Crippen LogP contribution in [0, 0.1) is 0 Å². The zero-order chi connectivity index (χ0) is 7.56. The molecule has 0 saturated carbocycles. The summed E-state index contributed by atoms with van der Waals surface area (Å²) < 4.78 is 0. The first-order valence-corrected chi connectivity index (χ1v) is 3.02. The van der Waals surface area contributed by atoms with Gasteiger partial charge in [0.15, 0.2) is 5.96 Å². The number of nitrogens with zero attached hydrogens (tertiary/aromatic N) is 1. The summed E-state index contributed by atoms with van der Waals surface area (Å²) in [6, 6.07) is -0.229. The summed E-state index contributed by atoms with van der Waals surface area (Å²) >= 11 is 0. The topological polar surface area (TPSA) is 79.5 Å². The van der Waals surface area contributed by atoms with Crippen LogP contribution < -0.4 is 16.4 Å². The van der Waals surface area contributed by atoms with Crippen LogP contribution in [-0.2, 0) is 4.79 Å². The lowest BCUT2D eigenvalue weighted by atomic mass is 10.2. The van der Waals surface area contributed by atoms with E-state index in [-0.39, 0.29) is 30.3 Å². The summed E-state index contributed by atoms with van der Waals surface area (Å²) in [6.45, 7) is 0.425. The Hall–Kier alpha value is -0.810. The van der Waals surface area contributed by atoms with Crippen molar-refractivity contribution in [2.24, 2.45) is 10.7 Å². The number of carbonyl (C=O) groups excluding carboxylic acids is 1. The van der Waals surface area contributed by atoms with Crippen molar-refractivity contribution in [1.82, 2.24) is 10.6 Å². The number of aliphatic imine (C=N–C) groups is 1. The number of guanidine groups is 1. The molecular formula is C5H11ClN4O. The number of hydrogen-bond donors (Lipinski definition) is 3. The maximum absolute atomic E-state index is 10.9. The molecule has 0 aromatic heterocycles. The fourth-order valence-corrected chi connectivity index (χ4v) is 0.748. The van der Waals surface area contributed by atoms with Crippen molar-refractivity contribution in [3.63, 3.8) is 0 Å². The molecule has 4 N–H and O–H groups in total. The normalized spacial score (nSPS) is 23.2. The van der Waals surface area contributed by atoms with E-state index in [9.17, 15) is 4.79 Å². The number of rotatable bonds is 1. The summed E-state index contributed by atoms with van der Waals surface area (Å²) in [4.78, 5) is 14.7. The van der Waals surface area contributed by atoms with Crippen molar-refractivity contribution in [1.29, 1.82) is 0 Å². The Balaban J connectivity index is 0.000001000. The molecular weight excluding hydrogens is 168 g/mol. The van der Waals surface area contributed by atoms with Gasteiger partial charge < -0.3 is 11.1 Å². The first-order chi connectivity index (χ1) is 4.74. The molecule has 1 amide bonds. The molecule has 0 aliphatic carbocycles. The van der Waals surface area contributed by atoms with Crippen LogP contribution in [0.5, 0.6) is 0 Å². The Morgan fingerprint density at radius 2 is 2.45 bits per heavy atom. The van der Waals surface area contributed by atoms with Crippen molar-refractivity contribution < 1.29 is 4.79 Å². The molecule has 0 aromatic rings. The predicted molar refractivity (Wildman–Crippen MR) is 44.7 cm³/mol. The molecule has 0 aromatic carbocycles. The smallest absolute Gasteiger partial charge is 0.245 e. The van der Waals surface area contributed by atoms with Crippen LogP contribution in [0.4, 0.5) is 0 Å². The molecule has 0 saturated heterocycles. The Kier molecular flexibility index (Phi) is 3.84. The van der Waals surface area contributed by atoms with Gasteiger partial charge in [0.2, 0.25) is 5.91 Å². The molecule has 11 heavy (non-hydrogen) atoms. The van der Waals surface area contributed by atoms with Gasteiger partial charge in [0.1, 0.15) is 6.04 Å². The minimum atomic E-state index is -0.229. The third-order valence-corrected chi connectivity index (χ3v) is 1.36. The van der Waals surface area contributed by atoms with E-state index in [0.29, 0.717) is 6.54 Å². The quantitative estimate of drug-likeness (QED) is 0.455. The Morgan fingerprint density at radius 3 is 2.91 bits per heavy atom. The third-order valence-electron chi connectivity index (χ3n) is 1.36. The van der Waals surface area contributed by atoms with Crippen LogP contribution in [0.1, 0.15) is 0 Å². The maximum atomic E-state index is 10.9. The Labute approximate surface area is 70.8 Å². The van der Waals surface area contributed by atoms with E-state index in [0.717, 1.165) is 0 Å². The molecule has 5 nitrogen and oxygen atoms in total. The summed E-state index contributed by atoms with van der Waals surface area (Å²) in [5.74, 6) is 0.0894. The molecule has 1 unspecified atom stereocenters. The second kappa shape index (κ2) is 4.15. The molecule has 1 aliphatic rings. The lowest BCUT2D eigenvalue weighted by Crippen LogP contribution is -2.53. The second-order valence-corrected chi connectivity index (χ2v) is 2.06. The van der Waals surface area contributed by atoms with Gasteiger partial charge in [-0.15, -0.1) is 12.4 Å². The van der Waals surface area contributed by atoms with Crippen LogP contribution in [0.15, 0.2) is 4.99 Å². The number of nitrogens with one attached hydrogen (secondary N) is 2. The van der Waals surface area contributed by atoms with Gasteiger partial charge in [-0.3, -0.25) is 15.1 Å². The highest BCUT2D eigenvalue weighted by molar-refractivity contribution is 6.00. The number of amides is 1. The molecule has 64 valence electrons. The minimum absolute atomic E-state index is 0. The van der Waals surface area contributed by atoms with Crippen molar-refractivity contribution >= 4 is 24.3 Å². The van der Waals surface area contributed by atoms with Crippen LogP contribution in [0.2, 0.25) is 0 Å². The average molecular weight is 179 g/mol. The number of hydrogen-bond acceptors (Lipinski definition) is 4. The van der Waals surface area contributed by atoms with Gasteiger partial charge >= 0.3 is 0 Å². The van der Waals surface area contributed by atoms with E-state index < -0.39 is 0 Å². The molecule has 1 heterocycles. The van der Waals surface area contributed by atoms with Crippen LogP contribution in [-0.4, -0.2) is 31.5 Å². The predicted octanol–water partition coefficient (Wildman–Crippen LogP) is -1.56. The first-order valence-electron chi connectivity index (χ1n) is 3.02. The lowest BCUT2D eigenvalue weighted by Gasteiger charge is -2.17. The molecule has 0 bridgehead atoms. The van der Waals surface area contributed by atoms with Gasteiger partial charge in [-0.25, -0.2) is 0 Å². The van der Waals surface area contributed by atoms with E-state index in [1.807, 2.05) is 0 Å². The van der Waals surface area contributed by atoms with Gasteiger partial charge in [-0.1, -0.05) is 0 Å². The van der Waals surface area contributed by atoms with Gasteiger partial charge in [0.05, 0.1) is 6.54 Å². The summed E-state index contributed by atoms with van der Waals surface area (Å²) in [5, 5.41) is 5.21. The van der Waals surface area contributed by atoms with E-state index >= 15 is 0 Å². The summed E-state index contributed by atoms with van der Waals surface area (Å²) in [6.07, 6.45) is 0. The Bertz CT molecular complexity index is 181. The van der Waals surface area contributed by atoms with Crippen molar-refractivity contribution in [2.75, 3.05) is 13.6 Å². The molecule has 6 heteroatoms. The van der Waals surface area contributed by atoms with Crippen LogP contribution in [0.25, 0.3) is 0 Å². The SMILES string of the molecule is CNC1CN=C(N)NC1=O.Cl. The number of halogens is 1. The first kappa shape index (κ1) is 10.2. The zero-order valence-electron chi connectivity index (χ0n) is 6.13. The van der Waals surface area contributed by atoms with Gasteiger partial charge in [0.25, 0.3) is 0 Å². The molecule has 1 rings (SSSR count). The average Bonchev–Trinajstić information content (AvgIpc) is 1.88. The highest BCUT2D eigenvalue weighted by atomic mass is 35.5. The molecule has 0 radical (unpaired) electrons. The highest BCUT2D eigenvalue weighted by Crippen LogP contribution is 1.89. The van der Waals surface area contributed by atoms with E-state index in [1.165, 1.54) is 0 Å². The van der Waals surface area contributed by atoms with Gasteiger partial charge in [-0.05, 0) is 7.05 Å². The summed E-state index contributed by atoms with van der Waals surface area (Å²) in [5.41, 5.74) is 5.23. The van der Waals surface area contributed by atoms with E-state index in [2.05, 4.69) is 15.6 Å². The fourth-order valence-electron chi connectivity index (χ4n) is 0.748. The molecule has 0 spiro atoms. The second-order valence-electron chi connectivity index (χ2n) is 2.06. The Morgan fingerprint density at radius 1 is 1.82 bits per heavy atom. The third kappa shape index (κ3) is 2.36.